The Hall–Kier alpha value is -1.51. The number of hydrogen-bond donors (Lipinski definition) is 1. The van der Waals surface area contributed by atoms with E-state index in [0.717, 1.165) is 16.7 Å². The van der Waals surface area contributed by atoms with Crippen LogP contribution in [0.25, 0.3) is 11.0 Å². The molecule has 2 aromatic heterocycles. The van der Waals surface area contributed by atoms with Crippen LogP contribution < -0.4 is 5.73 Å². The van der Waals surface area contributed by atoms with Gasteiger partial charge in [0, 0.05) is 11.6 Å². The Morgan fingerprint density at radius 1 is 1.42 bits per heavy atom. The highest BCUT2D eigenvalue weighted by Crippen LogP contribution is 2.26. The molecule has 0 unspecified atom stereocenters. The van der Waals surface area contributed by atoms with Gasteiger partial charge in [-0.15, -0.1) is 0 Å². The molecule has 0 spiro atoms. The molecule has 0 saturated heterocycles. The van der Waals surface area contributed by atoms with Crippen LogP contribution in [0.3, 0.4) is 0 Å². The van der Waals surface area contributed by atoms with Gasteiger partial charge in [-0.1, -0.05) is 0 Å². The number of pyridine rings is 1. The van der Waals surface area contributed by atoms with Crippen molar-refractivity contribution < 1.29 is 4.42 Å². The Balaban J connectivity index is 2.95. The lowest BCUT2D eigenvalue weighted by Crippen LogP contribution is -1.88. The summed E-state index contributed by atoms with van der Waals surface area (Å²) in [6.07, 6.45) is 1.69. The number of anilines is 1. The molecule has 3 heteroatoms. The first-order chi connectivity index (χ1) is 5.70. The summed E-state index contributed by atoms with van der Waals surface area (Å²) in [6, 6.07) is 1.91. The summed E-state index contributed by atoms with van der Waals surface area (Å²) < 4.78 is 5.44. The number of nitrogens with zero attached hydrogens (tertiary/aromatic N) is 1. The molecule has 3 nitrogen and oxygen atoms in total. The van der Waals surface area contributed by atoms with E-state index in [1.54, 1.807) is 6.20 Å². The quantitative estimate of drug-likeness (QED) is 0.644. The summed E-state index contributed by atoms with van der Waals surface area (Å²) in [5.74, 6) is 1.37. The second kappa shape index (κ2) is 2.24. The third-order valence-electron chi connectivity index (χ3n) is 2.12. The predicted octanol–water partition coefficient (Wildman–Crippen LogP) is 2.03. The average Bonchev–Trinajstić information content (AvgIpc) is 2.32. The van der Waals surface area contributed by atoms with Crippen molar-refractivity contribution >= 4 is 16.8 Å². The summed E-state index contributed by atoms with van der Waals surface area (Å²) in [4.78, 5) is 3.95. The summed E-state index contributed by atoms with van der Waals surface area (Å²) >= 11 is 0. The molecule has 0 bridgehead atoms. The maximum absolute atomic E-state index is 5.63. The zero-order valence-electron chi connectivity index (χ0n) is 7.09. The van der Waals surface area contributed by atoms with Gasteiger partial charge in [-0.25, -0.2) is 4.98 Å². The topological polar surface area (TPSA) is 52.0 Å². The van der Waals surface area contributed by atoms with Gasteiger partial charge in [0.05, 0.1) is 0 Å². The second-order valence-corrected chi connectivity index (χ2v) is 2.86. The minimum absolute atomic E-state index is 0.462. The summed E-state index contributed by atoms with van der Waals surface area (Å²) in [7, 11) is 0. The highest BCUT2D eigenvalue weighted by molar-refractivity contribution is 5.88. The first-order valence-electron chi connectivity index (χ1n) is 3.80. The van der Waals surface area contributed by atoms with Gasteiger partial charge in [0.15, 0.2) is 11.4 Å². The van der Waals surface area contributed by atoms with E-state index in [1.807, 2.05) is 19.9 Å². The van der Waals surface area contributed by atoms with Crippen molar-refractivity contribution in [3.63, 3.8) is 0 Å². The van der Waals surface area contributed by atoms with Crippen molar-refractivity contribution in [1.29, 1.82) is 0 Å². The molecule has 0 radical (unpaired) electrons. The largest absolute Gasteiger partial charge is 0.457 e. The molecule has 0 amide bonds. The molecule has 2 N–H and O–H groups in total. The Bertz CT molecular complexity index is 431. The Morgan fingerprint density at radius 3 is 2.83 bits per heavy atom. The molecule has 0 saturated carbocycles. The summed E-state index contributed by atoms with van der Waals surface area (Å²) in [6.45, 7) is 3.94. The normalized spacial score (nSPS) is 10.8. The van der Waals surface area contributed by atoms with Crippen LogP contribution in [0.5, 0.6) is 0 Å². The fourth-order valence-corrected chi connectivity index (χ4v) is 1.29. The van der Waals surface area contributed by atoms with E-state index < -0.39 is 0 Å². The molecular formula is C9H10N2O. The maximum Gasteiger partial charge on any atom is 0.176 e. The Morgan fingerprint density at radius 2 is 2.17 bits per heavy atom. The van der Waals surface area contributed by atoms with Gasteiger partial charge in [0.2, 0.25) is 0 Å². The number of nitrogen functional groups attached to an aromatic ring is 1. The van der Waals surface area contributed by atoms with Gasteiger partial charge in [-0.2, -0.15) is 0 Å². The van der Waals surface area contributed by atoms with E-state index in [9.17, 15) is 0 Å². The van der Waals surface area contributed by atoms with Crippen LogP contribution in [0.15, 0.2) is 16.7 Å². The average molecular weight is 162 g/mol. The van der Waals surface area contributed by atoms with Crippen molar-refractivity contribution in [2.45, 2.75) is 13.8 Å². The number of hydrogen-bond acceptors (Lipinski definition) is 3. The van der Waals surface area contributed by atoms with Crippen LogP contribution in [0, 0.1) is 13.8 Å². The third-order valence-corrected chi connectivity index (χ3v) is 2.12. The lowest BCUT2D eigenvalue weighted by molar-refractivity contribution is 0.575. The van der Waals surface area contributed by atoms with E-state index in [1.165, 1.54) is 0 Å². The van der Waals surface area contributed by atoms with Gasteiger partial charge >= 0.3 is 0 Å². The third kappa shape index (κ3) is 0.794. The lowest BCUT2D eigenvalue weighted by atomic mass is 10.2. The zero-order chi connectivity index (χ0) is 8.72. The van der Waals surface area contributed by atoms with Crippen LogP contribution in [0.4, 0.5) is 5.82 Å². The fourth-order valence-electron chi connectivity index (χ4n) is 1.29. The number of furan rings is 1. The van der Waals surface area contributed by atoms with Crippen LogP contribution >= 0.6 is 0 Å². The number of rotatable bonds is 0. The molecular weight excluding hydrogens is 152 g/mol. The van der Waals surface area contributed by atoms with E-state index in [2.05, 4.69) is 4.98 Å². The summed E-state index contributed by atoms with van der Waals surface area (Å²) in [5.41, 5.74) is 7.47. The number of fused-ring (bicyclic) bond motifs is 1. The lowest BCUT2D eigenvalue weighted by Gasteiger charge is -1.91. The van der Waals surface area contributed by atoms with Crippen LogP contribution in [-0.4, -0.2) is 4.98 Å². The minimum atomic E-state index is 0.462. The summed E-state index contributed by atoms with van der Waals surface area (Å²) in [5, 5.41) is 1.06. The van der Waals surface area contributed by atoms with Crippen molar-refractivity contribution in [2.24, 2.45) is 0 Å². The van der Waals surface area contributed by atoms with Gasteiger partial charge in [-0.3, -0.25) is 0 Å². The number of nitrogens with two attached hydrogens (primary N) is 1. The van der Waals surface area contributed by atoms with Crippen molar-refractivity contribution in [1.82, 2.24) is 4.98 Å². The highest BCUT2D eigenvalue weighted by atomic mass is 16.3. The SMILES string of the molecule is Cc1oc2c(N)nccc2c1C. The molecule has 0 aliphatic carbocycles. The van der Waals surface area contributed by atoms with E-state index >= 15 is 0 Å². The van der Waals surface area contributed by atoms with Crippen molar-refractivity contribution in [3.8, 4) is 0 Å². The monoisotopic (exact) mass is 162 g/mol. The van der Waals surface area contributed by atoms with E-state index in [4.69, 9.17) is 10.2 Å². The molecule has 0 aliphatic rings. The Kier molecular flexibility index (Phi) is 1.33. The molecule has 12 heavy (non-hydrogen) atoms. The van der Waals surface area contributed by atoms with Gasteiger partial charge < -0.3 is 10.2 Å². The smallest absolute Gasteiger partial charge is 0.176 e. The standard InChI is InChI=1S/C9H10N2O/c1-5-6(2)12-8-7(5)3-4-11-9(8)10/h3-4H,1-2H3,(H2,10,11). The molecule has 2 heterocycles. The predicted molar refractivity (Wildman–Crippen MR) is 47.9 cm³/mol. The number of aromatic nitrogens is 1. The first-order valence-corrected chi connectivity index (χ1v) is 3.80. The molecule has 0 aliphatic heterocycles. The molecule has 2 aromatic rings. The van der Waals surface area contributed by atoms with Gasteiger partial charge in [0.1, 0.15) is 5.76 Å². The van der Waals surface area contributed by atoms with Crippen LogP contribution in [-0.2, 0) is 0 Å². The molecule has 62 valence electrons. The van der Waals surface area contributed by atoms with Crippen LogP contribution in [0.1, 0.15) is 11.3 Å². The molecule has 2 rings (SSSR count). The van der Waals surface area contributed by atoms with Gasteiger partial charge in [-0.05, 0) is 25.5 Å². The van der Waals surface area contributed by atoms with E-state index in [-0.39, 0.29) is 0 Å². The minimum Gasteiger partial charge on any atom is -0.457 e. The Labute approximate surface area is 70.2 Å². The first kappa shape index (κ1) is 7.16. The maximum atomic E-state index is 5.63. The van der Waals surface area contributed by atoms with E-state index in [0.29, 0.717) is 11.4 Å². The second-order valence-electron chi connectivity index (χ2n) is 2.86. The molecule has 0 atom stereocenters. The number of aryl methyl sites for hydroxylation is 2. The van der Waals surface area contributed by atoms with Crippen LogP contribution in [0.2, 0.25) is 0 Å². The highest BCUT2D eigenvalue weighted by Gasteiger charge is 2.08. The fraction of sp³-hybridized carbons (Fsp3) is 0.222. The zero-order valence-corrected chi connectivity index (χ0v) is 7.09. The van der Waals surface area contributed by atoms with Crippen molar-refractivity contribution in [3.05, 3.63) is 23.6 Å². The molecule has 0 aromatic carbocycles. The van der Waals surface area contributed by atoms with Crippen molar-refractivity contribution in [2.75, 3.05) is 5.73 Å². The van der Waals surface area contributed by atoms with Gasteiger partial charge in [0.25, 0.3) is 0 Å². The molecule has 0 fully saturated rings.